The van der Waals surface area contributed by atoms with Gasteiger partial charge in [0.2, 0.25) is 0 Å². The van der Waals surface area contributed by atoms with Crippen LogP contribution in [0, 0.1) is 0 Å². The first kappa shape index (κ1) is 27.4. The molecule has 0 aliphatic carbocycles. The Balaban J connectivity index is 1.69. The number of ether oxygens (including phenoxy) is 4. The summed E-state index contributed by atoms with van der Waals surface area (Å²) < 4.78 is 44.4. The Morgan fingerprint density at radius 3 is 2.38 bits per heavy atom. The number of carbonyl (C=O) groups is 1. The fraction of sp³-hybridized carbons (Fsp3) is 0.947. The lowest BCUT2D eigenvalue weighted by Gasteiger charge is -2.40. The van der Waals surface area contributed by atoms with Gasteiger partial charge in [-0.15, -0.1) is 0 Å². The summed E-state index contributed by atoms with van der Waals surface area (Å²) in [4.78, 5) is 13.9. The molecule has 0 spiro atoms. The molecule has 2 fully saturated rings. The smallest absolute Gasteiger partial charge is 0.409 e. The van der Waals surface area contributed by atoms with Gasteiger partial charge in [0, 0.05) is 39.3 Å². The molecule has 2 rings (SSSR count). The highest BCUT2D eigenvalue weighted by Crippen LogP contribution is 2.52. The van der Waals surface area contributed by atoms with E-state index in [4.69, 9.17) is 28.6 Å². The normalized spacial score (nSPS) is 24.5. The van der Waals surface area contributed by atoms with Crippen LogP contribution in [-0.2, 0) is 28.0 Å². The fourth-order valence-electron chi connectivity index (χ4n) is 3.40. The summed E-state index contributed by atoms with van der Waals surface area (Å²) in [6, 6.07) is 0. The van der Waals surface area contributed by atoms with Crippen LogP contribution in [0.1, 0.15) is 6.92 Å². The van der Waals surface area contributed by atoms with Crippen LogP contribution in [0.15, 0.2) is 0 Å². The van der Waals surface area contributed by atoms with Crippen molar-refractivity contribution in [1.82, 2.24) is 19.6 Å². The zero-order valence-electron chi connectivity index (χ0n) is 19.4. The third kappa shape index (κ3) is 8.85. The van der Waals surface area contributed by atoms with Crippen LogP contribution in [0.3, 0.4) is 0 Å². The van der Waals surface area contributed by atoms with Crippen LogP contribution in [0.4, 0.5) is 4.79 Å². The number of piperazine rings is 1. The van der Waals surface area contributed by atoms with Crippen molar-refractivity contribution in [2.75, 3.05) is 99.6 Å². The number of aliphatic hydroxyl groups is 1. The second kappa shape index (κ2) is 14.4. The van der Waals surface area contributed by atoms with Gasteiger partial charge in [-0.05, 0) is 21.0 Å². The lowest BCUT2D eigenvalue weighted by atomic mass is 10.3. The van der Waals surface area contributed by atoms with Gasteiger partial charge in [0.1, 0.15) is 6.61 Å². The zero-order valence-corrected chi connectivity index (χ0v) is 20.3. The van der Waals surface area contributed by atoms with Gasteiger partial charge in [0.25, 0.3) is 0 Å². The molecule has 13 heteroatoms. The van der Waals surface area contributed by atoms with E-state index in [2.05, 4.69) is 5.32 Å². The van der Waals surface area contributed by atoms with Crippen molar-refractivity contribution in [3.8, 4) is 0 Å². The van der Waals surface area contributed by atoms with Gasteiger partial charge in [0.15, 0.2) is 0 Å². The monoisotopic (exact) mass is 482 g/mol. The number of rotatable bonds is 13. The van der Waals surface area contributed by atoms with E-state index >= 15 is 0 Å². The van der Waals surface area contributed by atoms with E-state index < -0.39 is 13.8 Å². The molecule has 2 N–H and O–H groups in total. The lowest BCUT2D eigenvalue weighted by Crippen LogP contribution is -2.49. The topological polar surface area (TPSA) is 122 Å². The highest BCUT2D eigenvalue weighted by Gasteiger charge is 2.39. The molecular weight excluding hydrogens is 443 g/mol. The van der Waals surface area contributed by atoms with E-state index in [-0.39, 0.29) is 45.2 Å². The van der Waals surface area contributed by atoms with E-state index in [0.717, 1.165) is 6.54 Å². The zero-order chi connectivity index (χ0) is 23.4. The lowest BCUT2D eigenvalue weighted by molar-refractivity contribution is -0.0495. The minimum atomic E-state index is -3.22. The SMILES string of the molecule is C[C@H]1CNC[C@@H](COP(=O)(N(C)C)N2CCN(C(=O)OCCOCCOCCO)CC2)O1. The van der Waals surface area contributed by atoms with Crippen molar-refractivity contribution in [2.45, 2.75) is 19.1 Å². The van der Waals surface area contributed by atoms with Gasteiger partial charge in [0.05, 0.1) is 51.8 Å². The number of aliphatic hydroxyl groups excluding tert-OH is 1. The molecule has 0 bridgehead atoms. The molecule has 0 aromatic rings. The maximum atomic E-state index is 13.6. The van der Waals surface area contributed by atoms with Crippen LogP contribution < -0.4 is 5.32 Å². The maximum Gasteiger partial charge on any atom is 0.409 e. The van der Waals surface area contributed by atoms with Gasteiger partial charge in [-0.25, -0.2) is 14.1 Å². The minimum absolute atomic E-state index is 0.0211. The van der Waals surface area contributed by atoms with E-state index in [1.165, 1.54) is 0 Å². The van der Waals surface area contributed by atoms with E-state index in [1.54, 1.807) is 28.3 Å². The molecule has 0 radical (unpaired) electrons. The summed E-state index contributed by atoms with van der Waals surface area (Å²) >= 11 is 0. The van der Waals surface area contributed by atoms with Crippen molar-refractivity contribution in [1.29, 1.82) is 0 Å². The van der Waals surface area contributed by atoms with Crippen LogP contribution in [0.5, 0.6) is 0 Å². The third-order valence-electron chi connectivity index (χ3n) is 5.10. The maximum absolute atomic E-state index is 13.6. The molecule has 1 unspecified atom stereocenters. The fourth-order valence-corrected chi connectivity index (χ4v) is 5.34. The summed E-state index contributed by atoms with van der Waals surface area (Å²) in [5, 5.41) is 11.9. The minimum Gasteiger partial charge on any atom is -0.447 e. The Bertz CT molecular complexity index is 592. The molecule has 188 valence electrons. The van der Waals surface area contributed by atoms with Crippen LogP contribution in [0.2, 0.25) is 0 Å². The first-order valence-corrected chi connectivity index (χ1v) is 12.6. The van der Waals surface area contributed by atoms with Crippen LogP contribution >= 0.6 is 7.67 Å². The standard InChI is InChI=1S/C19H39N4O8P/c1-17-14-20-15-18(31-17)16-30-32(26,21(2)3)23-6-4-22(5-7-23)19(25)29-13-12-28-11-10-27-9-8-24/h17-18,20,24H,4-16H2,1-3H3/t17-,18-,32?/m0/s1. The molecule has 2 aliphatic rings. The van der Waals surface area contributed by atoms with Crippen molar-refractivity contribution < 1.29 is 37.9 Å². The number of carbonyl (C=O) groups excluding carboxylic acids is 1. The molecule has 3 atom stereocenters. The summed E-state index contributed by atoms with van der Waals surface area (Å²) in [6.45, 7) is 6.75. The number of amides is 1. The van der Waals surface area contributed by atoms with E-state index in [0.29, 0.717) is 45.9 Å². The first-order chi connectivity index (χ1) is 15.4. The molecular formula is C19H39N4O8P. The van der Waals surface area contributed by atoms with Gasteiger partial charge in [-0.1, -0.05) is 0 Å². The van der Waals surface area contributed by atoms with Gasteiger partial charge in [-0.3, -0.25) is 4.57 Å². The Morgan fingerprint density at radius 1 is 1.09 bits per heavy atom. The van der Waals surface area contributed by atoms with Crippen LogP contribution in [0.25, 0.3) is 0 Å². The Hall–Kier alpha value is -0.820. The number of nitrogens with zero attached hydrogens (tertiary/aromatic N) is 3. The molecule has 2 heterocycles. The summed E-state index contributed by atoms with van der Waals surface area (Å²) in [5.74, 6) is 0. The van der Waals surface area contributed by atoms with Crippen molar-refractivity contribution >= 4 is 13.8 Å². The highest BCUT2D eigenvalue weighted by molar-refractivity contribution is 7.53. The van der Waals surface area contributed by atoms with Crippen molar-refractivity contribution in [3.63, 3.8) is 0 Å². The van der Waals surface area contributed by atoms with E-state index in [9.17, 15) is 9.36 Å². The quantitative estimate of drug-likeness (QED) is 0.269. The summed E-state index contributed by atoms with van der Waals surface area (Å²) in [5.41, 5.74) is 0. The molecule has 0 aromatic carbocycles. The molecule has 32 heavy (non-hydrogen) atoms. The number of morpholine rings is 1. The second-order valence-corrected chi connectivity index (χ2v) is 10.5. The van der Waals surface area contributed by atoms with E-state index in [1.807, 2.05) is 6.92 Å². The molecule has 0 saturated carbocycles. The average Bonchev–Trinajstić information content (AvgIpc) is 2.79. The number of hydrogen-bond acceptors (Lipinski definition) is 9. The average molecular weight is 483 g/mol. The Kier molecular flexibility index (Phi) is 12.4. The molecule has 12 nitrogen and oxygen atoms in total. The Labute approximate surface area is 190 Å². The predicted molar refractivity (Wildman–Crippen MR) is 118 cm³/mol. The third-order valence-corrected chi connectivity index (χ3v) is 7.71. The predicted octanol–water partition coefficient (Wildman–Crippen LogP) is -0.171. The Morgan fingerprint density at radius 2 is 1.75 bits per heavy atom. The second-order valence-electron chi connectivity index (χ2n) is 7.86. The molecule has 2 aliphatic heterocycles. The molecule has 0 aromatic heterocycles. The largest absolute Gasteiger partial charge is 0.447 e. The number of hydrogen-bond donors (Lipinski definition) is 2. The summed E-state index contributed by atoms with van der Waals surface area (Å²) in [6.07, 6.45) is -0.469. The molecule has 2 saturated heterocycles. The van der Waals surface area contributed by atoms with Crippen molar-refractivity contribution in [2.24, 2.45) is 0 Å². The van der Waals surface area contributed by atoms with Gasteiger partial charge < -0.3 is 38.8 Å². The number of nitrogens with one attached hydrogen (secondary N) is 1. The molecule has 1 amide bonds. The van der Waals surface area contributed by atoms with Gasteiger partial charge in [-0.2, -0.15) is 0 Å². The van der Waals surface area contributed by atoms with Gasteiger partial charge >= 0.3 is 13.8 Å². The summed E-state index contributed by atoms with van der Waals surface area (Å²) in [7, 11) is 0.251. The first-order valence-electron chi connectivity index (χ1n) is 11.1. The highest BCUT2D eigenvalue weighted by atomic mass is 31.2. The van der Waals surface area contributed by atoms with Crippen molar-refractivity contribution in [3.05, 3.63) is 0 Å². The van der Waals surface area contributed by atoms with Crippen LogP contribution in [-0.4, -0.2) is 137 Å².